The summed E-state index contributed by atoms with van der Waals surface area (Å²) >= 11 is 0. The summed E-state index contributed by atoms with van der Waals surface area (Å²) in [6.07, 6.45) is 0. The third-order valence-corrected chi connectivity index (χ3v) is 2.50. The van der Waals surface area contributed by atoms with Crippen molar-refractivity contribution in [2.24, 2.45) is 0 Å². The second kappa shape index (κ2) is 4.13. The van der Waals surface area contributed by atoms with Crippen molar-refractivity contribution in [2.45, 2.75) is 6.92 Å². The van der Waals surface area contributed by atoms with Crippen LogP contribution in [-0.2, 0) is 0 Å². The van der Waals surface area contributed by atoms with Gasteiger partial charge >= 0.3 is 0 Å². The Hall–Kier alpha value is -1.97. The molecule has 2 aromatic carbocycles. The summed E-state index contributed by atoms with van der Waals surface area (Å²) in [7, 11) is 0. The SMILES string of the molecule is Cc1cccc(-c2cc(N)c(F)c(F)c2F)c1. The van der Waals surface area contributed by atoms with Gasteiger partial charge in [0.2, 0.25) is 0 Å². The van der Waals surface area contributed by atoms with E-state index in [0.717, 1.165) is 11.6 Å². The highest BCUT2D eigenvalue weighted by atomic mass is 19.2. The molecule has 0 unspecified atom stereocenters. The minimum Gasteiger partial charge on any atom is -0.396 e. The largest absolute Gasteiger partial charge is 0.396 e. The van der Waals surface area contributed by atoms with Crippen LogP contribution in [0.2, 0.25) is 0 Å². The number of nitrogens with two attached hydrogens (primary N) is 1. The van der Waals surface area contributed by atoms with Crippen molar-refractivity contribution in [2.75, 3.05) is 5.73 Å². The first-order valence-corrected chi connectivity index (χ1v) is 5.00. The quantitative estimate of drug-likeness (QED) is 0.594. The van der Waals surface area contributed by atoms with Gasteiger partial charge in [-0.3, -0.25) is 0 Å². The van der Waals surface area contributed by atoms with Gasteiger partial charge in [0, 0.05) is 5.56 Å². The average molecular weight is 237 g/mol. The van der Waals surface area contributed by atoms with Crippen LogP contribution in [0.4, 0.5) is 18.9 Å². The van der Waals surface area contributed by atoms with Gasteiger partial charge in [0.05, 0.1) is 5.69 Å². The summed E-state index contributed by atoms with van der Waals surface area (Å²) in [6, 6.07) is 7.92. The van der Waals surface area contributed by atoms with Crippen molar-refractivity contribution in [3.63, 3.8) is 0 Å². The second-order valence-electron chi connectivity index (χ2n) is 3.82. The molecule has 2 aromatic rings. The van der Waals surface area contributed by atoms with Crippen LogP contribution >= 0.6 is 0 Å². The van der Waals surface area contributed by atoms with Crippen molar-refractivity contribution >= 4 is 5.69 Å². The molecule has 0 heterocycles. The third kappa shape index (κ3) is 1.98. The molecule has 88 valence electrons. The molecule has 2 rings (SSSR count). The van der Waals surface area contributed by atoms with Crippen molar-refractivity contribution in [3.05, 3.63) is 53.3 Å². The van der Waals surface area contributed by atoms with E-state index in [2.05, 4.69) is 0 Å². The van der Waals surface area contributed by atoms with Gasteiger partial charge in [0.1, 0.15) is 0 Å². The van der Waals surface area contributed by atoms with Gasteiger partial charge in [-0.2, -0.15) is 0 Å². The van der Waals surface area contributed by atoms with Crippen molar-refractivity contribution < 1.29 is 13.2 Å². The Balaban J connectivity index is 2.68. The normalized spacial score (nSPS) is 10.6. The molecule has 0 bridgehead atoms. The standard InChI is InChI=1S/C13H10F3N/c1-7-3-2-4-8(5-7)9-6-10(17)12(15)13(16)11(9)14/h2-6H,17H2,1H3. The Labute approximate surface area is 96.7 Å². The first kappa shape index (κ1) is 11.5. The minimum absolute atomic E-state index is 0.0369. The zero-order valence-electron chi connectivity index (χ0n) is 9.10. The van der Waals surface area contributed by atoms with E-state index in [4.69, 9.17) is 5.73 Å². The lowest BCUT2D eigenvalue weighted by Crippen LogP contribution is -2.00. The van der Waals surface area contributed by atoms with Gasteiger partial charge in [0.15, 0.2) is 17.5 Å². The molecule has 0 saturated heterocycles. The molecule has 17 heavy (non-hydrogen) atoms. The van der Waals surface area contributed by atoms with Crippen LogP contribution in [0.1, 0.15) is 5.56 Å². The maximum absolute atomic E-state index is 13.6. The summed E-state index contributed by atoms with van der Waals surface area (Å²) in [4.78, 5) is 0. The highest BCUT2D eigenvalue weighted by Crippen LogP contribution is 2.29. The predicted octanol–water partition coefficient (Wildman–Crippen LogP) is 3.66. The van der Waals surface area contributed by atoms with Crippen molar-refractivity contribution in [1.82, 2.24) is 0 Å². The lowest BCUT2D eigenvalue weighted by atomic mass is 10.0. The van der Waals surface area contributed by atoms with E-state index in [9.17, 15) is 13.2 Å². The molecule has 0 amide bonds. The molecule has 0 aromatic heterocycles. The van der Waals surface area contributed by atoms with Crippen LogP contribution in [-0.4, -0.2) is 0 Å². The Morgan fingerprint density at radius 2 is 1.65 bits per heavy atom. The van der Waals surface area contributed by atoms with Gasteiger partial charge in [-0.05, 0) is 18.6 Å². The number of halogens is 3. The highest BCUT2D eigenvalue weighted by Gasteiger charge is 2.18. The Morgan fingerprint density at radius 3 is 2.29 bits per heavy atom. The molecule has 0 spiro atoms. The van der Waals surface area contributed by atoms with Crippen molar-refractivity contribution in [3.8, 4) is 11.1 Å². The topological polar surface area (TPSA) is 26.0 Å². The maximum Gasteiger partial charge on any atom is 0.197 e. The number of aryl methyl sites for hydroxylation is 1. The fraction of sp³-hybridized carbons (Fsp3) is 0.0769. The molecular weight excluding hydrogens is 227 g/mol. The molecule has 0 aliphatic rings. The van der Waals surface area contributed by atoms with Gasteiger partial charge in [-0.15, -0.1) is 0 Å². The monoisotopic (exact) mass is 237 g/mol. The smallest absolute Gasteiger partial charge is 0.197 e. The number of rotatable bonds is 1. The fourth-order valence-corrected chi connectivity index (χ4v) is 1.65. The van der Waals surface area contributed by atoms with Crippen LogP contribution in [0.25, 0.3) is 11.1 Å². The van der Waals surface area contributed by atoms with E-state index in [1.54, 1.807) is 18.2 Å². The summed E-state index contributed by atoms with van der Waals surface area (Å²) in [5, 5.41) is 0. The molecule has 0 saturated carbocycles. The molecule has 0 radical (unpaired) electrons. The van der Waals surface area contributed by atoms with Gasteiger partial charge in [-0.25, -0.2) is 13.2 Å². The lowest BCUT2D eigenvalue weighted by molar-refractivity contribution is 0.451. The minimum atomic E-state index is -1.54. The van der Waals surface area contributed by atoms with E-state index in [1.807, 2.05) is 13.0 Å². The number of hydrogen-bond acceptors (Lipinski definition) is 1. The highest BCUT2D eigenvalue weighted by molar-refractivity contribution is 5.69. The summed E-state index contributed by atoms with van der Waals surface area (Å²) < 4.78 is 39.8. The summed E-state index contributed by atoms with van der Waals surface area (Å²) in [5.41, 5.74) is 6.20. The molecule has 0 aliphatic carbocycles. The molecule has 1 nitrogen and oxygen atoms in total. The van der Waals surface area contributed by atoms with Crippen LogP contribution in [0.3, 0.4) is 0 Å². The van der Waals surface area contributed by atoms with E-state index in [1.165, 1.54) is 0 Å². The lowest BCUT2D eigenvalue weighted by Gasteiger charge is -2.08. The second-order valence-corrected chi connectivity index (χ2v) is 3.82. The number of anilines is 1. The molecule has 0 fully saturated rings. The molecule has 0 aliphatic heterocycles. The first-order chi connectivity index (χ1) is 8.00. The molecule has 4 heteroatoms. The number of hydrogen-bond donors (Lipinski definition) is 1. The Bertz CT molecular complexity index is 579. The molecule has 0 atom stereocenters. The van der Waals surface area contributed by atoms with Crippen LogP contribution in [0, 0.1) is 24.4 Å². The predicted molar refractivity (Wildman–Crippen MR) is 60.9 cm³/mol. The zero-order chi connectivity index (χ0) is 12.6. The van der Waals surface area contributed by atoms with Gasteiger partial charge in [-0.1, -0.05) is 29.8 Å². The molecular formula is C13H10F3N. The van der Waals surface area contributed by atoms with Crippen LogP contribution in [0.5, 0.6) is 0 Å². The van der Waals surface area contributed by atoms with Gasteiger partial charge in [0.25, 0.3) is 0 Å². The number of nitrogen functional groups attached to an aromatic ring is 1. The van der Waals surface area contributed by atoms with E-state index < -0.39 is 23.1 Å². The summed E-state index contributed by atoms with van der Waals surface area (Å²) in [5.74, 6) is -4.11. The third-order valence-electron chi connectivity index (χ3n) is 2.50. The van der Waals surface area contributed by atoms with Crippen LogP contribution < -0.4 is 5.73 Å². The van der Waals surface area contributed by atoms with Crippen LogP contribution in [0.15, 0.2) is 30.3 Å². The maximum atomic E-state index is 13.6. The Kier molecular flexibility index (Phi) is 2.79. The van der Waals surface area contributed by atoms with E-state index >= 15 is 0 Å². The summed E-state index contributed by atoms with van der Waals surface area (Å²) in [6.45, 7) is 1.82. The average Bonchev–Trinajstić information content (AvgIpc) is 2.31. The first-order valence-electron chi connectivity index (χ1n) is 5.00. The van der Waals surface area contributed by atoms with E-state index in [-0.39, 0.29) is 5.56 Å². The van der Waals surface area contributed by atoms with Crippen molar-refractivity contribution in [1.29, 1.82) is 0 Å². The Morgan fingerprint density at radius 1 is 0.941 bits per heavy atom. The number of benzene rings is 2. The van der Waals surface area contributed by atoms with Gasteiger partial charge < -0.3 is 5.73 Å². The van der Waals surface area contributed by atoms with E-state index in [0.29, 0.717) is 5.56 Å². The fourth-order valence-electron chi connectivity index (χ4n) is 1.65. The molecule has 2 N–H and O–H groups in total. The zero-order valence-corrected chi connectivity index (χ0v) is 9.10.